The van der Waals surface area contributed by atoms with Crippen LogP contribution in [0, 0.1) is 19.8 Å². The van der Waals surface area contributed by atoms with Crippen LogP contribution in [0.25, 0.3) is 0 Å². The van der Waals surface area contributed by atoms with Crippen LogP contribution in [-0.4, -0.2) is 23.1 Å². The van der Waals surface area contributed by atoms with E-state index in [4.69, 9.17) is 0 Å². The van der Waals surface area contributed by atoms with Crippen molar-refractivity contribution in [2.24, 2.45) is 5.92 Å². The molecule has 0 aliphatic carbocycles. The van der Waals surface area contributed by atoms with E-state index in [1.165, 1.54) is 0 Å². The maximum Gasteiger partial charge on any atom is 2.00 e. The SMILES string of the molecule is [CH2-]CC.[CH2-]CC(C)C.[Mg+2]. The summed E-state index contributed by atoms with van der Waals surface area (Å²) in [7, 11) is 0. The smallest absolute Gasteiger partial charge is 0.344 e. The summed E-state index contributed by atoms with van der Waals surface area (Å²) in [5.74, 6) is 0.773. The molecule has 0 N–H and O–H groups in total. The summed E-state index contributed by atoms with van der Waals surface area (Å²) >= 11 is 0. The van der Waals surface area contributed by atoms with E-state index < -0.39 is 0 Å². The van der Waals surface area contributed by atoms with Crippen LogP contribution in [-0.2, 0) is 0 Å². The van der Waals surface area contributed by atoms with Gasteiger partial charge in [-0.3, -0.25) is 0 Å². The van der Waals surface area contributed by atoms with Crippen molar-refractivity contribution in [3.63, 3.8) is 0 Å². The number of hydrogen-bond acceptors (Lipinski definition) is 0. The average Bonchev–Trinajstić information content (AvgIpc) is 1.69. The molecule has 0 heterocycles. The Labute approximate surface area is 76.6 Å². The predicted octanol–water partition coefficient (Wildman–Crippen LogP) is 2.72. The van der Waals surface area contributed by atoms with Crippen LogP contribution in [0.1, 0.15) is 33.6 Å². The minimum Gasteiger partial charge on any atom is -0.344 e. The Morgan fingerprint density at radius 1 is 1.22 bits per heavy atom. The molecular formula is C8H18Mg. The molecular weight excluding hydrogens is 120 g/mol. The van der Waals surface area contributed by atoms with Crippen LogP contribution in [0.4, 0.5) is 0 Å². The molecule has 52 valence electrons. The number of rotatable bonds is 1. The summed E-state index contributed by atoms with van der Waals surface area (Å²) in [6.07, 6.45) is 2.06. The second-order valence-corrected chi connectivity index (χ2v) is 2.18. The molecule has 0 spiro atoms. The first-order valence-corrected chi connectivity index (χ1v) is 3.27. The second-order valence-electron chi connectivity index (χ2n) is 2.18. The zero-order valence-electron chi connectivity index (χ0n) is 7.11. The van der Waals surface area contributed by atoms with Gasteiger partial charge in [0.25, 0.3) is 0 Å². The summed E-state index contributed by atoms with van der Waals surface area (Å²) in [6, 6.07) is 0. The third-order valence-electron chi connectivity index (χ3n) is 0.577. The van der Waals surface area contributed by atoms with Crippen molar-refractivity contribution in [1.82, 2.24) is 0 Å². The quantitative estimate of drug-likeness (QED) is 0.386. The van der Waals surface area contributed by atoms with Gasteiger partial charge < -0.3 is 13.8 Å². The normalized spacial score (nSPS) is 7.33. The standard InChI is InChI=1S/C5H11.C3H7.Mg/c1-4-5(2)3;1-3-2;/h5H,1,4H2,2-3H3;1,3H2,2H3;/q2*-1;+2. The van der Waals surface area contributed by atoms with Gasteiger partial charge in [0.15, 0.2) is 0 Å². The first kappa shape index (κ1) is 16.4. The Kier molecular flexibility index (Phi) is 29.0. The molecule has 0 rings (SSSR count). The van der Waals surface area contributed by atoms with E-state index in [9.17, 15) is 0 Å². The fourth-order valence-electron chi connectivity index (χ4n) is 0. The summed E-state index contributed by atoms with van der Waals surface area (Å²) in [5.41, 5.74) is 0. The molecule has 0 aromatic rings. The van der Waals surface area contributed by atoms with Crippen LogP contribution in [0.15, 0.2) is 0 Å². The van der Waals surface area contributed by atoms with Gasteiger partial charge in [-0.25, -0.2) is 0 Å². The van der Waals surface area contributed by atoms with Crippen molar-refractivity contribution in [2.75, 3.05) is 0 Å². The topological polar surface area (TPSA) is 0 Å². The Balaban J connectivity index is -0.0000000800. The van der Waals surface area contributed by atoms with Crippen molar-refractivity contribution in [3.8, 4) is 0 Å². The largest absolute Gasteiger partial charge is 2.00 e. The molecule has 0 radical (unpaired) electrons. The van der Waals surface area contributed by atoms with E-state index in [0.717, 1.165) is 18.8 Å². The van der Waals surface area contributed by atoms with Gasteiger partial charge in [-0.15, -0.1) is 0 Å². The van der Waals surface area contributed by atoms with E-state index in [1.807, 2.05) is 6.92 Å². The molecule has 9 heavy (non-hydrogen) atoms. The van der Waals surface area contributed by atoms with Crippen LogP contribution in [0.3, 0.4) is 0 Å². The first-order valence-electron chi connectivity index (χ1n) is 3.27. The van der Waals surface area contributed by atoms with Crippen molar-refractivity contribution < 1.29 is 0 Å². The van der Waals surface area contributed by atoms with Crippen LogP contribution >= 0.6 is 0 Å². The van der Waals surface area contributed by atoms with Crippen molar-refractivity contribution in [2.45, 2.75) is 33.6 Å². The van der Waals surface area contributed by atoms with E-state index in [0.29, 0.717) is 0 Å². The molecule has 0 aromatic carbocycles. The van der Waals surface area contributed by atoms with Crippen LogP contribution < -0.4 is 0 Å². The van der Waals surface area contributed by atoms with E-state index in [2.05, 4.69) is 27.7 Å². The van der Waals surface area contributed by atoms with Gasteiger partial charge in [-0.05, 0) is 0 Å². The summed E-state index contributed by atoms with van der Waals surface area (Å²) < 4.78 is 0. The molecule has 0 saturated carbocycles. The van der Waals surface area contributed by atoms with Crippen molar-refractivity contribution in [1.29, 1.82) is 0 Å². The molecule has 0 atom stereocenters. The van der Waals surface area contributed by atoms with E-state index in [-0.39, 0.29) is 23.1 Å². The second kappa shape index (κ2) is 15.9. The van der Waals surface area contributed by atoms with Gasteiger partial charge in [0.1, 0.15) is 0 Å². The molecule has 0 unspecified atom stereocenters. The van der Waals surface area contributed by atoms with Crippen LogP contribution in [0.5, 0.6) is 0 Å². The maximum absolute atomic E-state index is 3.69. The molecule has 0 aliphatic heterocycles. The molecule has 0 saturated heterocycles. The van der Waals surface area contributed by atoms with Crippen LogP contribution in [0.2, 0.25) is 0 Å². The van der Waals surface area contributed by atoms with E-state index >= 15 is 0 Å². The zero-order valence-corrected chi connectivity index (χ0v) is 8.53. The fraction of sp³-hybridized carbons (Fsp3) is 0.750. The van der Waals surface area contributed by atoms with Gasteiger partial charge >= 0.3 is 23.1 Å². The zero-order chi connectivity index (χ0) is 6.99. The summed E-state index contributed by atoms with van der Waals surface area (Å²) in [4.78, 5) is 0. The molecule has 0 fully saturated rings. The monoisotopic (exact) mass is 138 g/mol. The predicted molar refractivity (Wildman–Crippen MR) is 46.2 cm³/mol. The molecule has 0 bridgehead atoms. The molecule has 0 amide bonds. The molecule has 0 nitrogen and oxygen atoms in total. The van der Waals surface area contributed by atoms with E-state index in [1.54, 1.807) is 0 Å². The van der Waals surface area contributed by atoms with Crippen molar-refractivity contribution in [3.05, 3.63) is 13.8 Å². The van der Waals surface area contributed by atoms with Gasteiger partial charge in [0.05, 0.1) is 0 Å². The third-order valence-corrected chi connectivity index (χ3v) is 0.577. The van der Waals surface area contributed by atoms with Gasteiger partial charge in [0.2, 0.25) is 0 Å². The summed E-state index contributed by atoms with van der Waals surface area (Å²) in [5, 5.41) is 0. The minimum absolute atomic E-state index is 0. The fourth-order valence-corrected chi connectivity index (χ4v) is 0. The Morgan fingerprint density at radius 3 is 1.33 bits per heavy atom. The first-order chi connectivity index (χ1) is 3.68. The van der Waals surface area contributed by atoms with Gasteiger partial charge in [0, 0.05) is 0 Å². The third kappa shape index (κ3) is 52.4. The molecule has 0 aromatic heterocycles. The van der Waals surface area contributed by atoms with Gasteiger partial charge in [-0.1, -0.05) is 26.7 Å². The Hall–Kier alpha value is 0.766. The summed E-state index contributed by atoms with van der Waals surface area (Å²) in [6.45, 7) is 13.5. The van der Waals surface area contributed by atoms with Crippen molar-refractivity contribution >= 4 is 23.1 Å². The van der Waals surface area contributed by atoms with Gasteiger partial charge in [-0.2, -0.15) is 12.8 Å². The molecule has 1 heteroatoms. The maximum atomic E-state index is 3.69. The number of hydrogen-bond donors (Lipinski definition) is 0. The Bertz CT molecular complexity index is 25.7. The molecule has 0 aliphatic rings. The average molecular weight is 139 g/mol. The minimum atomic E-state index is 0. The Morgan fingerprint density at radius 2 is 1.33 bits per heavy atom.